The smallest absolute Gasteiger partial charge is 0.872 e. The van der Waals surface area contributed by atoms with Gasteiger partial charge in [0.15, 0.2) is 12.3 Å². The van der Waals surface area contributed by atoms with Crippen LogP contribution in [-0.2, 0) is 0 Å². The molecule has 76 valence electrons. The number of hydrogen-bond acceptors (Lipinski definition) is 3. The number of benzene rings is 1. The predicted molar refractivity (Wildman–Crippen MR) is 51.5 cm³/mol. The van der Waals surface area contributed by atoms with Gasteiger partial charge in [-0.15, -0.1) is 0 Å². The number of hydroxylamine groups is 1. The van der Waals surface area contributed by atoms with Crippen molar-refractivity contribution in [1.29, 1.82) is 0 Å². The quantitative estimate of drug-likeness (QED) is 0.201. The van der Waals surface area contributed by atoms with Crippen molar-refractivity contribution in [3.05, 3.63) is 29.0 Å². The summed E-state index contributed by atoms with van der Waals surface area (Å²) < 4.78 is 0.702. The fourth-order valence-corrected chi connectivity index (χ4v) is 0.916. The Kier molecular flexibility index (Phi) is 5.72. The molecule has 1 rings (SSSR count). The molecule has 0 amide bonds. The van der Waals surface area contributed by atoms with Gasteiger partial charge in [0.05, 0.1) is 0 Å². The largest absolute Gasteiger partial charge is 1.00 e. The molecule has 0 heterocycles. The maximum absolute atomic E-state index is 11.2. The van der Waals surface area contributed by atoms with E-state index in [1.807, 2.05) is 0 Å². The molecule has 0 aromatic heterocycles. The molecule has 1 aromatic rings. The summed E-state index contributed by atoms with van der Waals surface area (Å²) in [5.74, 6) is -0.444. The van der Waals surface area contributed by atoms with Crippen LogP contribution in [0.15, 0.2) is 18.2 Å². The zero-order chi connectivity index (χ0) is 10.7. The van der Waals surface area contributed by atoms with Crippen molar-refractivity contribution in [2.75, 3.05) is 0 Å². The Morgan fingerprint density at radius 3 is 2.47 bits per heavy atom. The minimum Gasteiger partial charge on any atom is -0.872 e. The van der Waals surface area contributed by atoms with Crippen molar-refractivity contribution in [1.82, 2.24) is 0 Å². The predicted octanol–water partition coefficient (Wildman–Crippen LogP) is -2.19. The molecule has 0 aliphatic rings. The average molecular weight is 217 g/mol. The average Bonchev–Trinajstić information content (AvgIpc) is 2.09. The summed E-state index contributed by atoms with van der Waals surface area (Å²) in [5, 5.41) is 31.4. The molecular weight excluding hydrogens is 205 g/mol. The van der Waals surface area contributed by atoms with E-state index in [1.165, 1.54) is 18.3 Å². The molecule has 0 aliphatic carbocycles. The van der Waals surface area contributed by atoms with E-state index < -0.39 is 0 Å². The molecule has 0 saturated heterocycles. The molecule has 4 nitrogen and oxygen atoms in total. The second kappa shape index (κ2) is 6.00. The Labute approximate surface area is 111 Å². The third-order valence-electron chi connectivity index (χ3n) is 1.77. The first kappa shape index (κ1) is 14.3. The molecule has 0 radical (unpaired) electrons. The van der Waals surface area contributed by atoms with Gasteiger partial charge >= 0.3 is 29.6 Å². The van der Waals surface area contributed by atoms with Gasteiger partial charge in [-0.1, -0.05) is 5.75 Å². The third-order valence-corrected chi connectivity index (χ3v) is 1.77. The molecule has 15 heavy (non-hydrogen) atoms. The summed E-state index contributed by atoms with van der Waals surface area (Å²) in [5.41, 5.74) is 0.284. The third kappa shape index (κ3) is 4.11. The first-order valence-corrected chi connectivity index (χ1v) is 4.31. The molecule has 1 aromatic carbocycles. The van der Waals surface area contributed by atoms with Gasteiger partial charge in [0.2, 0.25) is 0 Å². The molecule has 0 atom stereocenters. The van der Waals surface area contributed by atoms with E-state index >= 15 is 0 Å². The van der Waals surface area contributed by atoms with Crippen LogP contribution in [0.4, 0.5) is 0 Å². The number of nitrogens with zero attached hydrogens (tertiary/aromatic N) is 1. The first-order chi connectivity index (χ1) is 6.50. The van der Waals surface area contributed by atoms with Crippen LogP contribution in [0.3, 0.4) is 0 Å². The molecule has 0 aliphatic heterocycles. The van der Waals surface area contributed by atoms with Gasteiger partial charge in [-0.3, -0.25) is 0 Å². The van der Waals surface area contributed by atoms with Crippen LogP contribution < -0.4 is 34.7 Å². The van der Waals surface area contributed by atoms with Crippen molar-refractivity contribution < 1.29 is 44.5 Å². The second-order valence-electron chi connectivity index (χ2n) is 3.30. The van der Waals surface area contributed by atoms with Gasteiger partial charge in [0.25, 0.3) is 0 Å². The van der Waals surface area contributed by atoms with Gasteiger partial charge in [0, 0.05) is 5.56 Å². The molecule has 5 heteroatoms. The molecule has 0 spiro atoms. The standard InChI is InChI=1S/C10H13NO3.Na/c1-7(2)11(14)6-8-3-4-9(12)5-10(8)13;/h3-7,12-13H,1-2H3;/q;+1/p-1. The van der Waals surface area contributed by atoms with Gasteiger partial charge in [-0.25, -0.2) is 4.74 Å². The zero-order valence-electron chi connectivity index (χ0n) is 9.10. The molecule has 0 bridgehead atoms. The normalized spacial score (nSPS) is 11.3. The van der Waals surface area contributed by atoms with E-state index in [2.05, 4.69) is 0 Å². The number of rotatable bonds is 2. The number of aromatic hydroxyl groups is 1. The van der Waals surface area contributed by atoms with Gasteiger partial charge in [-0.05, 0) is 32.0 Å². The van der Waals surface area contributed by atoms with Crippen LogP contribution in [0.5, 0.6) is 11.5 Å². The van der Waals surface area contributed by atoms with Crippen molar-refractivity contribution in [2.24, 2.45) is 0 Å². The molecule has 1 N–H and O–H groups in total. The summed E-state index contributed by atoms with van der Waals surface area (Å²) in [6.45, 7) is 3.46. The van der Waals surface area contributed by atoms with E-state index in [9.17, 15) is 10.3 Å². The van der Waals surface area contributed by atoms with Crippen LogP contribution in [0.25, 0.3) is 0 Å². The van der Waals surface area contributed by atoms with E-state index in [4.69, 9.17) is 5.11 Å². The Morgan fingerprint density at radius 1 is 1.40 bits per heavy atom. The SMILES string of the molecule is CC(C)[N+]([O-])=Cc1ccc(O)cc1[O-].[Na+]. The van der Waals surface area contributed by atoms with E-state index in [1.54, 1.807) is 13.8 Å². The first-order valence-electron chi connectivity index (χ1n) is 4.31. The van der Waals surface area contributed by atoms with Gasteiger partial charge < -0.3 is 15.4 Å². The molecule has 0 unspecified atom stereocenters. The molecule has 0 fully saturated rings. The van der Waals surface area contributed by atoms with Crippen molar-refractivity contribution in [2.45, 2.75) is 19.9 Å². The number of hydrogen-bond donors (Lipinski definition) is 1. The van der Waals surface area contributed by atoms with Crippen molar-refractivity contribution in [3.63, 3.8) is 0 Å². The maximum atomic E-state index is 11.2. The second-order valence-corrected chi connectivity index (χ2v) is 3.30. The van der Waals surface area contributed by atoms with E-state index in [0.717, 1.165) is 6.07 Å². The van der Waals surface area contributed by atoms with Gasteiger partial charge in [0.1, 0.15) is 5.75 Å². The van der Waals surface area contributed by atoms with Crippen LogP contribution >= 0.6 is 0 Å². The fraction of sp³-hybridized carbons (Fsp3) is 0.300. The molecule has 0 saturated carbocycles. The Bertz CT molecular complexity index is 364. The summed E-state index contributed by atoms with van der Waals surface area (Å²) >= 11 is 0. The van der Waals surface area contributed by atoms with Crippen LogP contribution in [0, 0.1) is 5.21 Å². The molecular formula is C10H12NNaO3. The van der Waals surface area contributed by atoms with Crippen LogP contribution in [0.1, 0.15) is 19.4 Å². The van der Waals surface area contributed by atoms with Crippen LogP contribution in [-0.4, -0.2) is 22.1 Å². The zero-order valence-corrected chi connectivity index (χ0v) is 11.1. The Balaban J connectivity index is 0.00000196. The summed E-state index contributed by atoms with van der Waals surface area (Å²) in [7, 11) is 0. The number of phenols is 1. The summed E-state index contributed by atoms with van der Waals surface area (Å²) in [6, 6.07) is 3.68. The fourth-order valence-electron chi connectivity index (χ4n) is 0.916. The minimum absolute atomic E-state index is 0. The van der Waals surface area contributed by atoms with Crippen molar-refractivity contribution in [3.8, 4) is 11.5 Å². The maximum Gasteiger partial charge on any atom is 1.00 e. The van der Waals surface area contributed by atoms with E-state index in [-0.39, 0.29) is 52.7 Å². The summed E-state index contributed by atoms with van der Waals surface area (Å²) in [6.07, 6.45) is 1.23. The Hall–Kier alpha value is -0.710. The van der Waals surface area contributed by atoms with Crippen LogP contribution in [0.2, 0.25) is 0 Å². The topological polar surface area (TPSA) is 69.4 Å². The van der Waals surface area contributed by atoms with Crippen molar-refractivity contribution >= 4 is 6.21 Å². The number of phenolic OH excluding ortho intramolecular Hbond substituents is 1. The Morgan fingerprint density at radius 2 is 2.00 bits per heavy atom. The summed E-state index contributed by atoms with van der Waals surface area (Å²) in [4.78, 5) is 0. The van der Waals surface area contributed by atoms with E-state index in [0.29, 0.717) is 4.74 Å². The monoisotopic (exact) mass is 217 g/mol. The minimum atomic E-state index is -0.355. The van der Waals surface area contributed by atoms with Gasteiger partial charge in [-0.2, -0.15) is 0 Å².